The molecule has 8 saturated carbocycles. The van der Waals surface area contributed by atoms with Crippen molar-refractivity contribution in [3.05, 3.63) is 0 Å². The standard InChI is InChI=1S/C22H36NO3P/c1-2-25-27(24,23-21-9-15-3-16(10-21)5-17(4-15)11-21)26-22-12-18-6-19(13-22)8-20(7-18)14-22/h15-20H,2-14H2,1H3,(H,23,24)/t15?,16?,17?,18?,19?,20?,21?,22?,27-/m1/s1. The summed E-state index contributed by atoms with van der Waals surface area (Å²) in [5.74, 6) is 4.89. The lowest BCUT2D eigenvalue weighted by molar-refractivity contribution is -0.116. The summed E-state index contributed by atoms with van der Waals surface area (Å²) in [7, 11) is -3.27. The molecule has 1 N–H and O–H groups in total. The Labute approximate surface area is 164 Å². The van der Waals surface area contributed by atoms with E-state index in [1.807, 2.05) is 6.92 Å². The minimum atomic E-state index is -3.27. The van der Waals surface area contributed by atoms with Crippen LogP contribution in [0.15, 0.2) is 0 Å². The van der Waals surface area contributed by atoms with Gasteiger partial charge in [-0.2, -0.15) is 0 Å². The van der Waals surface area contributed by atoms with E-state index in [0.717, 1.165) is 54.8 Å². The SMILES string of the molecule is CCO[P@](=O)(NC12CC3CC(CC(C3)C1)C2)OC12CC3CC(CC(C3)C1)C2. The van der Waals surface area contributed by atoms with Crippen molar-refractivity contribution in [1.82, 2.24) is 5.09 Å². The molecule has 27 heavy (non-hydrogen) atoms. The molecule has 0 amide bonds. The van der Waals surface area contributed by atoms with Crippen LogP contribution in [0.2, 0.25) is 0 Å². The highest BCUT2D eigenvalue weighted by Crippen LogP contribution is 2.65. The molecular formula is C22H36NO3P. The van der Waals surface area contributed by atoms with E-state index in [9.17, 15) is 4.57 Å². The van der Waals surface area contributed by atoms with Crippen LogP contribution < -0.4 is 5.09 Å². The van der Waals surface area contributed by atoms with Crippen molar-refractivity contribution in [3.63, 3.8) is 0 Å². The van der Waals surface area contributed by atoms with E-state index in [1.54, 1.807) is 0 Å². The summed E-state index contributed by atoms with van der Waals surface area (Å²) in [6.45, 7) is 2.42. The zero-order valence-electron chi connectivity index (χ0n) is 16.8. The topological polar surface area (TPSA) is 47.6 Å². The molecule has 0 saturated heterocycles. The van der Waals surface area contributed by atoms with Crippen LogP contribution in [-0.2, 0) is 13.6 Å². The van der Waals surface area contributed by atoms with Gasteiger partial charge in [0.1, 0.15) is 0 Å². The second-order valence-corrected chi connectivity index (χ2v) is 13.1. The molecule has 1 atom stereocenters. The highest BCUT2D eigenvalue weighted by atomic mass is 31.2. The van der Waals surface area contributed by atoms with Crippen LogP contribution in [0.3, 0.4) is 0 Å². The normalized spacial score (nSPS) is 54.4. The molecular weight excluding hydrogens is 357 g/mol. The molecule has 0 aromatic heterocycles. The summed E-state index contributed by atoms with van der Waals surface area (Å²) in [6.07, 6.45) is 15.2. The Morgan fingerprint density at radius 2 is 1.19 bits per heavy atom. The Balaban J connectivity index is 1.25. The average Bonchev–Trinajstić information content (AvgIpc) is 2.50. The summed E-state index contributed by atoms with van der Waals surface area (Å²) < 4.78 is 26.6. The molecule has 8 aliphatic carbocycles. The molecule has 0 aromatic carbocycles. The molecule has 8 fully saturated rings. The summed E-state index contributed by atoms with van der Waals surface area (Å²) in [5.41, 5.74) is -0.156. The van der Waals surface area contributed by atoms with Crippen LogP contribution in [0.4, 0.5) is 0 Å². The molecule has 0 unspecified atom stereocenters. The highest BCUT2D eigenvalue weighted by molar-refractivity contribution is 7.51. The third-order valence-electron chi connectivity index (χ3n) is 9.01. The lowest BCUT2D eigenvalue weighted by Gasteiger charge is -2.59. The third-order valence-corrected chi connectivity index (χ3v) is 11.0. The van der Waals surface area contributed by atoms with Gasteiger partial charge in [-0.1, -0.05) is 0 Å². The summed E-state index contributed by atoms with van der Waals surface area (Å²) in [5, 5.41) is 3.63. The van der Waals surface area contributed by atoms with Gasteiger partial charge in [-0.05, 0) is 119 Å². The van der Waals surface area contributed by atoms with Crippen molar-refractivity contribution in [2.45, 2.75) is 95.1 Å². The number of nitrogens with one attached hydrogen (secondary N) is 1. The molecule has 5 heteroatoms. The van der Waals surface area contributed by atoms with Gasteiger partial charge in [-0.15, -0.1) is 0 Å². The minimum absolute atomic E-state index is 0.0156. The molecule has 8 aliphatic rings. The summed E-state index contributed by atoms with van der Waals surface area (Å²) in [6, 6.07) is 0. The lowest BCUT2D eigenvalue weighted by atomic mass is 9.53. The average molecular weight is 394 g/mol. The number of rotatable bonds is 6. The Kier molecular flexibility index (Phi) is 4.02. The fourth-order valence-electron chi connectivity index (χ4n) is 9.19. The van der Waals surface area contributed by atoms with Gasteiger partial charge in [0.05, 0.1) is 12.2 Å². The summed E-state index contributed by atoms with van der Waals surface area (Å²) in [4.78, 5) is 0. The predicted octanol–water partition coefficient (Wildman–Crippen LogP) is 5.67. The maximum atomic E-state index is 14.0. The maximum absolute atomic E-state index is 14.0. The molecule has 0 radical (unpaired) electrons. The lowest BCUT2D eigenvalue weighted by Crippen LogP contribution is -2.58. The van der Waals surface area contributed by atoms with E-state index in [2.05, 4.69) is 5.09 Å². The van der Waals surface area contributed by atoms with Crippen molar-refractivity contribution < 1.29 is 13.6 Å². The smallest absolute Gasteiger partial charge is 0.297 e. The van der Waals surface area contributed by atoms with Crippen LogP contribution in [-0.4, -0.2) is 17.7 Å². The first-order valence-corrected chi connectivity index (χ1v) is 13.2. The van der Waals surface area contributed by atoms with Crippen LogP contribution in [0.25, 0.3) is 0 Å². The Bertz CT molecular complexity index is 541. The molecule has 0 heterocycles. The van der Waals surface area contributed by atoms with E-state index in [4.69, 9.17) is 9.05 Å². The quantitative estimate of drug-likeness (QED) is 0.590. The monoisotopic (exact) mass is 393 g/mol. The molecule has 8 rings (SSSR count). The number of hydrogen-bond acceptors (Lipinski definition) is 3. The van der Waals surface area contributed by atoms with E-state index >= 15 is 0 Å². The first kappa shape index (κ1) is 17.9. The molecule has 8 bridgehead atoms. The Hall–Kier alpha value is 0.110. The Morgan fingerprint density at radius 1 is 0.778 bits per heavy atom. The molecule has 152 valence electrons. The van der Waals surface area contributed by atoms with Gasteiger partial charge in [-0.3, -0.25) is 9.05 Å². The molecule has 0 aromatic rings. The van der Waals surface area contributed by atoms with Gasteiger partial charge in [0.15, 0.2) is 0 Å². The van der Waals surface area contributed by atoms with Crippen LogP contribution in [0.5, 0.6) is 0 Å². The number of hydrogen-bond donors (Lipinski definition) is 1. The van der Waals surface area contributed by atoms with E-state index in [1.165, 1.54) is 57.8 Å². The van der Waals surface area contributed by atoms with E-state index < -0.39 is 7.75 Å². The molecule has 0 spiro atoms. The van der Waals surface area contributed by atoms with Gasteiger partial charge in [0, 0.05) is 5.54 Å². The van der Waals surface area contributed by atoms with Gasteiger partial charge >= 0.3 is 7.75 Å². The van der Waals surface area contributed by atoms with Crippen LogP contribution in [0.1, 0.15) is 84.0 Å². The third kappa shape index (κ3) is 3.09. The minimum Gasteiger partial charge on any atom is -0.297 e. The second kappa shape index (κ2) is 6.06. The first-order valence-electron chi connectivity index (χ1n) is 11.7. The van der Waals surface area contributed by atoms with E-state index in [-0.39, 0.29) is 11.1 Å². The maximum Gasteiger partial charge on any atom is 0.406 e. The van der Waals surface area contributed by atoms with Crippen molar-refractivity contribution in [2.24, 2.45) is 35.5 Å². The van der Waals surface area contributed by atoms with Crippen molar-refractivity contribution >= 4 is 7.75 Å². The fraction of sp³-hybridized carbons (Fsp3) is 1.00. The highest BCUT2D eigenvalue weighted by Gasteiger charge is 2.57. The zero-order chi connectivity index (χ0) is 18.3. The van der Waals surface area contributed by atoms with Crippen molar-refractivity contribution in [2.75, 3.05) is 6.61 Å². The predicted molar refractivity (Wildman–Crippen MR) is 105 cm³/mol. The van der Waals surface area contributed by atoms with Crippen LogP contribution in [0, 0.1) is 35.5 Å². The zero-order valence-corrected chi connectivity index (χ0v) is 17.7. The van der Waals surface area contributed by atoms with Gasteiger partial charge in [0.2, 0.25) is 0 Å². The second-order valence-electron chi connectivity index (χ2n) is 11.4. The molecule has 4 nitrogen and oxygen atoms in total. The van der Waals surface area contributed by atoms with Crippen molar-refractivity contribution in [3.8, 4) is 0 Å². The largest absolute Gasteiger partial charge is 0.406 e. The first-order chi connectivity index (χ1) is 12.9. The van der Waals surface area contributed by atoms with Gasteiger partial charge in [-0.25, -0.2) is 9.65 Å². The van der Waals surface area contributed by atoms with E-state index in [0.29, 0.717) is 6.61 Å². The molecule has 0 aliphatic heterocycles. The van der Waals surface area contributed by atoms with Gasteiger partial charge in [0.25, 0.3) is 0 Å². The van der Waals surface area contributed by atoms with Crippen LogP contribution >= 0.6 is 7.75 Å². The fourth-order valence-corrected chi connectivity index (χ4v) is 11.3. The van der Waals surface area contributed by atoms with Crippen molar-refractivity contribution in [1.29, 1.82) is 0 Å². The van der Waals surface area contributed by atoms with Gasteiger partial charge < -0.3 is 0 Å². The summed E-state index contributed by atoms with van der Waals surface area (Å²) >= 11 is 0. The Morgan fingerprint density at radius 3 is 1.59 bits per heavy atom.